The third-order valence-electron chi connectivity index (χ3n) is 4.20. The van der Waals surface area contributed by atoms with Crippen molar-refractivity contribution in [3.05, 3.63) is 87.7 Å². The minimum atomic E-state index is -4.39. The summed E-state index contributed by atoms with van der Waals surface area (Å²) < 4.78 is 39.4. The van der Waals surface area contributed by atoms with E-state index in [0.717, 1.165) is 17.7 Å². The smallest absolute Gasteiger partial charge is 0.348 e. The lowest BCUT2D eigenvalue weighted by atomic mass is 10.1. The van der Waals surface area contributed by atoms with Gasteiger partial charge < -0.3 is 5.32 Å². The first-order valence-electron chi connectivity index (χ1n) is 8.47. The Bertz CT molecular complexity index is 967. The molecule has 0 aliphatic heterocycles. The van der Waals surface area contributed by atoms with E-state index in [1.54, 1.807) is 11.6 Å². The molecule has 0 unspecified atom stereocenters. The molecule has 0 aliphatic carbocycles. The third-order valence-corrected chi connectivity index (χ3v) is 4.59. The summed E-state index contributed by atoms with van der Waals surface area (Å²) in [7, 11) is 0. The van der Waals surface area contributed by atoms with E-state index < -0.39 is 17.6 Å². The van der Waals surface area contributed by atoms with Crippen LogP contribution in [0.4, 0.5) is 13.2 Å². The Morgan fingerprint density at radius 2 is 1.71 bits per heavy atom. The Labute approximate surface area is 164 Å². The Balaban J connectivity index is 1.69. The first-order chi connectivity index (χ1) is 13.3. The summed E-state index contributed by atoms with van der Waals surface area (Å²) >= 11 is 6.34. The van der Waals surface area contributed by atoms with Gasteiger partial charge in [-0.2, -0.15) is 18.3 Å². The molecule has 28 heavy (non-hydrogen) atoms. The molecular formula is C20H17ClF3N3O. The summed E-state index contributed by atoms with van der Waals surface area (Å²) in [4.78, 5) is 12.5. The van der Waals surface area contributed by atoms with Crippen LogP contribution in [-0.4, -0.2) is 15.7 Å². The monoisotopic (exact) mass is 407 g/mol. The van der Waals surface area contributed by atoms with Crippen molar-refractivity contribution < 1.29 is 18.0 Å². The second-order valence-electron chi connectivity index (χ2n) is 6.27. The standard InChI is InChI=1S/C20H17ClF3N3O/c1-13-17(18(21)27(26-13)12-15-5-3-2-4-6-15)19(28)25-11-14-7-9-16(10-8-14)20(22,23)24/h2-10H,11-12H2,1H3,(H,25,28). The lowest BCUT2D eigenvalue weighted by molar-refractivity contribution is -0.137. The summed E-state index contributed by atoms with van der Waals surface area (Å²) in [6.07, 6.45) is -4.39. The highest BCUT2D eigenvalue weighted by atomic mass is 35.5. The lowest BCUT2D eigenvalue weighted by Crippen LogP contribution is -2.23. The molecule has 0 fully saturated rings. The van der Waals surface area contributed by atoms with Crippen LogP contribution < -0.4 is 5.32 Å². The van der Waals surface area contributed by atoms with Gasteiger partial charge in [-0.15, -0.1) is 0 Å². The molecular weight excluding hydrogens is 391 g/mol. The number of rotatable bonds is 5. The van der Waals surface area contributed by atoms with Gasteiger partial charge in [-0.05, 0) is 30.2 Å². The zero-order chi connectivity index (χ0) is 20.3. The fourth-order valence-corrected chi connectivity index (χ4v) is 3.07. The summed E-state index contributed by atoms with van der Waals surface area (Å²) in [6, 6.07) is 14.2. The SMILES string of the molecule is Cc1nn(Cc2ccccc2)c(Cl)c1C(=O)NCc1ccc(C(F)(F)F)cc1. The molecule has 4 nitrogen and oxygen atoms in total. The Morgan fingerprint density at radius 1 is 1.07 bits per heavy atom. The van der Waals surface area contributed by atoms with Crippen molar-refractivity contribution in [3.8, 4) is 0 Å². The zero-order valence-corrected chi connectivity index (χ0v) is 15.7. The fourth-order valence-electron chi connectivity index (χ4n) is 2.75. The maximum absolute atomic E-state index is 12.6. The summed E-state index contributed by atoms with van der Waals surface area (Å²) in [5.74, 6) is -0.429. The van der Waals surface area contributed by atoms with E-state index in [2.05, 4.69) is 10.4 Å². The number of hydrogen-bond donors (Lipinski definition) is 1. The van der Waals surface area contributed by atoms with Gasteiger partial charge in [-0.1, -0.05) is 54.1 Å². The minimum Gasteiger partial charge on any atom is -0.348 e. The van der Waals surface area contributed by atoms with Crippen molar-refractivity contribution in [1.29, 1.82) is 0 Å². The van der Waals surface area contributed by atoms with Gasteiger partial charge in [0.25, 0.3) is 5.91 Å². The Hall–Kier alpha value is -2.80. The number of alkyl halides is 3. The van der Waals surface area contributed by atoms with E-state index in [9.17, 15) is 18.0 Å². The third kappa shape index (κ3) is 4.54. The van der Waals surface area contributed by atoms with Gasteiger partial charge in [0.05, 0.1) is 23.4 Å². The van der Waals surface area contributed by atoms with Crippen molar-refractivity contribution in [1.82, 2.24) is 15.1 Å². The van der Waals surface area contributed by atoms with E-state index >= 15 is 0 Å². The van der Waals surface area contributed by atoms with Crippen molar-refractivity contribution in [2.75, 3.05) is 0 Å². The number of hydrogen-bond acceptors (Lipinski definition) is 2. The molecule has 3 aromatic rings. The molecule has 0 saturated carbocycles. The second kappa shape index (κ2) is 8.06. The van der Waals surface area contributed by atoms with E-state index in [0.29, 0.717) is 17.8 Å². The fraction of sp³-hybridized carbons (Fsp3) is 0.200. The number of nitrogens with one attached hydrogen (secondary N) is 1. The molecule has 1 N–H and O–H groups in total. The zero-order valence-electron chi connectivity index (χ0n) is 14.9. The van der Waals surface area contributed by atoms with Gasteiger partial charge in [-0.25, -0.2) is 4.68 Å². The number of aromatic nitrogens is 2. The Morgan fingerprint density at radius 3 is 2.32 bits per heavy atom. The summed E-state index contributed by atoms with van der Waals surface area (Å²) in [5.41, 5.74) is 1.54. The van der Waals surface area contributed by atoms with Crippen LogP contribution in [0.3, 0.4) is 0 Å². The first kappa shape index (κ1) is 19.9. The second-order valence-corrected chi connectivity index (χ2v) is 6.63. The van der Waals surface area contributed by atoms with Crippen molar-refractivity contribution in [2.45, 2.75) is 26.2 Å². The molecule has 1 heterocycles. The summed E-state index contributed by atoms with van der Waals surface area (Å²) in [5, 5.41) is 7.21. The highest BCUT2D eigenvalue weighted by molar-refractivity contribution is 6.33. The van der Waals surface area contributed by atoms with E-state index in [4.69, 9.17) is 11.6 Å². The number of nitrogens with zero attached hydrogens (tertiary/aromatic N) is 2. The molecule has 0 radical (unpaired) electrons. The van der Waals surface area contributed by atoms with Crippen molar-refractivity contribution >= 4 is 17.5 Å². The molecule has 0 atom stereocenters. The molecule has 8 heteroatoms. The van der Waals surface area contributed by atoms with Gasteiger partial charge in [0, 0.05) is 6.54 Å². The Kier molecular flexibility index (Phi) is 5.74. The molecule has 0 spiro atoms. The van der Waals surface area contributed by atoms with Crippen molar-refractivity contribution in [3.63, 3.8) is 0 Å². The molecule has 0 bridgehead atoms. The summed E-state index contributed by atoms with van der Waals surface area (Å²) in [6.45, 7) is 2.18. The van der Waals surface area contributed by atoms with Gasteiger partial charge in [0.15, 0.2) is 0 Å². The van der Waals surface area contributed by atoms with Crippen molar-refractivity contribution in [2.24, 2.45) is 0 Å². The number of benzene rings is 2. The van der Waals surface area contributed by atoms with E-state index in [1.807, 2.05) is 30.3 Å². The van der Waals surface area contributed by atoms with Crippen LogP contribution in [0.1, 0.15) is 32.7 Å². The molecule has 0 saturated heterocycles. The average molecular weight is 408 g/mol. The van der Waals surface area contributed by atoms with Crippen LogP contribution in [0.5, 0.6) is 0 Å². The van der Waals surface area contributed by atoms with Crippen LogP contribution in [0.25, 0.3) is 0 Å². The number of carbonyl (C=O) groups is 1. The van der Waals surface area contributed by atoms with E-state index in [1.165, 1.54) is 12.1 Å². The molecule has 1 aromatic heterocycles. The minimum absolute atomic E-state index is 0.0800. The average Bonchev–Trinajstić information content (AvgIpc) is 2.93. The number of aryl methyl sites for hydroxylation is 1. The first-order valence-corrected chi connectivity index (χ1v) is 8.84. The predicted molar refractivity (Wildman–Crippen MR) is 100 cm³/mol. The molecule has 0 aliphatic rings. The van der Waals surface area contributed by atoms with Crippen LogP contribution in [0.15, 0.2) is 54.6 Å². The molecule has 3 rings (SSSR count). The number of amides is 1. The van der Waals surface area contributed by atoms with Gasteiger partial charge in [0.2, 0.25) is 0 Å². The maximum Gasteiger partial charge on any atom is 0.416 e. The van der Waals surface area contributed by atoms with Crippen LogP contribution >= 0.6 is 11.6 Å². The quantitative estimate of drug-likeness (QED) is 0.657. The molecule has 146 valence electrons. The normalized spacial score (nSPS) is 11.5. The molecule has 1 amide bonds. The highest BCUT2D eigenvalue weighted by Crippen LogP contribution is 2.29. The topological polar surface area (TPSA) is 46.9 Å². The van der Waals surface area contributed by atoms with Gasteiger partial charge >= 0.3 is 6.18 Å². The number of carbonyl (C=O) groups excluding carboxylic acids is 1. The molecule has 2 aromatic carbocycles. The van der Waals surface area contributed by atoms with Crippen LogP contribution in [-0.2, 0) is 19.3 Å². The maximum atomic E-state index is 12.6. The largest absolute Gasteiger partial charge is 0.416 e. The number of halogens is 4. The van der Waals surface area contributed by atoms with Gasteiger partial charge in [0.1, 0.15) is 5.15 Å². The van der Waals surface area contributed by atoms with Crippen LogP contribution in [0.2, 0.25) is 5.15 Å². The highest BCUT2D eigenvalue weighted by Gasteiger charge is 2.30. The lowest BCUT2D eigenvalue weighted by Gasteiger charge is -2.09. The van der Waals surface area contributed by atoms with Crippen LogP contribution in [0, 0.1) is 6.92 Å². The van der Waals surface area contributed by atoms with E-state index in [-0.39, 0.29) is 17.3 Å². The predicted octanol–water partition coefficient (Wildman–Crippen LogP) is 4.84. The van der Waals surface area contributed by atoms with Gasteiger partial charge in [-0.3, -0.25) is 4.79 Å².